The second kappa shape index (κ2) is 14.0. The Morgan fingerprint density at radius 1 is 0.972 bits per heavy atom. The SMILES string of the molecule is COc1cccc(CN(C(=O)CCSc2ccc(Cl)cc2)C(Cc2ccccc2)C(=O)NC(C)C)c1. The number of nitrogens with one attached hydrogen (secondary N) is 1. The van der Waals surface area contributed by atoms with E-state index in [9.17, 15) is 9.59 Å². The molecule has 0 aliphatic rings. The molecule has 1 unspecified atom stereocenters. The van der Waals surface area contributed by atoms with Gasteiger partial charge in [-0.05, 0) is 61.4 Å². The number of nitrogens with zero attached hydrogens (tertiary/aromatic N) is 1. The number of rotatable bonds is 12. The molecule has 0 fully saturated rings. The van der Waals surface area contributed by atoms with Crippen LogP contribution in [0.25, 0.3) is 0 Å². The first-order chi connectivity index (χ1) is 17.4. The van der Waals surface area contributed by atoms with Gasteiger partial charge in [0.15, 0.2) is 0 Å². The highest BCUT2D eigenvalue weighted by Crippen LogP contribution is 2.23. The van der Waals surface area contributed by atoms with E-state index in [-0.39, 0.29) is 17.9 Å². The molecular formula is C29H33ClN2O3S. The second-order valence-corrected chi connectivity index (χ2v) is 10.4. The third kappa shape index (κ3) is 8.61. The second-order valence-electron chi connectivity index (χ2n) is 8.79. The molecule has 190 valence electrons. The van der Waals surface area contributed by atoms with Crippen LogP contribution in [0.2, 0.25) is 5.02 Å². The zero-order valence-electron chi connectivity index (χ0n) is 20.9. The summed E-state index contributed by atoms with van der Waals surface area (Å²) in [4.78, 5) is 29.8. The van der Waals surface area contributed by atoms with Crippen LogP contribution in [0.15, 0.2) is 83.8 Å². The molecular weight excluding hydrogens is 492 g/mol. The molecule has 0 saturated heterocycles. The lowest BCUT2D eigenvalue weighted by Gasteiger charge is -2.32. The Kier molecular flexibility index (Phi) is 10.7. The molecule has 7 heteroatoms. The predicted octanol–water partition coefficient (Wildman–Crippen LogP) is 6.00. The first-order valence-electron chi connectivity index (χ1n) is 12.0. The van der Waals surface area contributed by atoms with Crippen LogP contribution < -0.4 is 10.1 Å². The van der Waals surface area contributed by atoms with Gasteiger partial charge >= 0.3 is 0 Å². The summed E-state index contributed by atoms with van der Waals surface area (Å²) in [5.74, 6) is 1.08. The minimum Gasteiger partial charge on any atom is -0.497 e. The van der Waals surface area contributed by atoms with Crippen LogP contribution in [0.3, 0.4) is 0 Å². The summed E-state index contributed by atoms with van der Waals surface area (Å²) in [6.07, 6.45) is 0.733. The van der Waals surface area contributed by atoms with Crippen molar-refractivity contribution in [3.05, 3.63) is 95.0 Å². The molecule has 0 saturated carbocycles. The summed E-state index contributed by atoms with van der Waals surface area (Å²) < 4.78 is 5.38. The number of hydrogen-bond acceptors (Lipinski definition) is 4. The first-order valence-corrected chi connectivity index (χ1v) is 13.4. The minimum atomic E-state index is -0.644. The topological polar surface area (TPSA) is 58.6 Å². The maximum absolute atomic E-state index is 13.6. The molecule has 3 aromatic rings. The molecule has 0 spiro atoms. The summed E-state index contributed by atoms with van der Waals surface area (Å²) in [6, 6.07) is 24.3. The van der Waals surface area contributed by atoms with Crippen molar-refractivity contribution in [3.63, 3.8) is 0 Å². The number of carbonyl (C=O) groups is 2. The standard InChI is InChI=1S/C29H33ClN2O3S/c1-21(2)31-29(34)27(19-22-8-5-4-6-9-22)32(20-23-10-7-11-25(18-23)35-3)28(33)16-17-36-26-14-12-24(30)13-15-26/h4-15,18,21,27H,16-17,19-20H2,1-3H3,(H,31,34). The number of amides is 2. The average Bonchev–Trinajstić information content (AvgIpc) is 2.87. The van der Waals surface area contributed by atoms with Crippen molar-refractivity contribution in [1.82, 2.24) is 10.2 Å². The number of hydrogen-bond donors (Lipinski definition) is 1. The van der Waals surface area contributed by atoms with Crippen LogP contribution in [0.4, 0.5) is 0 Å². The highest BCUT2D eigenvalue weighted by molar-refractivity contribution is 7.99. The van der Waals surface area contributed by atoms with Gasteiger partial charge in [0.05, 0.1) is 7.11 Å². The van der Waals surface area contributed by atoms with Crippen LogP contribution in [0.5, 0.6) is 5.75 Å². The Morgan fingerprint density at radius 3 is 2.33 bits per heavy atom. The molecule has 1 atom stereocenters. The Bertz CT molecular complexity index is 1120. The molecule has 0 aliphatic carbocycles. The summed E-state index contributed by atoms with van der Waals surface area (Å²) in [5.41, 5.74) is 1.91. The molecule has 2 amide bonds. The van der Waals surface area contributed by atoms with Gasteiger partial charge in [0.2, 0.25) is 11.8 Å². The first kappa shape index (κ1) is 27.6. The molecule has 1 N–H and O–H groups in total. The van der Waals surface area contributed by atoms with Gasteiger partial charge in [0.1, 0.15) is 11.8 Å². The number of thioether (sulfide) groups is 1. The smallest absolute Gasteiger partial charge is 0.243 e. The van der Waals surface area contributed by atoms with Crippen molar-refractivity contribution < 1.29 is 14.3 Å². The fraction of sp³-hybridized carbons (Fsp3) is 0.310. The summed E-state index contributed by atoms with van der Waals surface area (Å²) >= 11 is 7.58. The van der Waals surface area contributed by atoms with Crippen LogP contribution in [0.1, 0.15) is 31.4 Å². The quantitative estimate of drug-likeness (QED) is 0.295. The van der Waals surface area contributed by atoms with Crippen molar-refractivity contribution in [2.75, 3.05) is 12.9 Å². The Morgan fingerprint density at radius 2 is 1.67 bits per heavy atom. The fourth-order valence-electron chi connectivity index (χ4n) is 3.83. The van der Waals surface area contributed by atoms with Crippen molar-refractivity contribution in [3.8, 4) is 5.75 Å². The van der Waals surface area contributed by atoms with E-state index in [2.05, 4.69) is 5.32 Å². The lowest BCUT2D eigenvalue weighted by Crippen LogP contribution is -2.51. The van der Waals surface area contributed by atoms with Gasteiger partial charge < -0.3 is 15.0 Å². The van der Waals surface area contributed by atoms with E-state index < -0.39 is 6.04 Å². The summed E-state index contributed by atoms with van der Waals surface area (Å²) in [5, 5.41) is 3.70. The molecule has 0 bridgehead atoms. The molecule has 0 aliphatic heterocycles. The van der Waals surface area contributed by atoms with E-state index in [0.717, 1.165) is 16.0 Å². The number of methoxy groups -OCH3 is 1. The largest absolute Gasteiger partial charge is 0.497 e. The van der Waals surface area contributed by atoms with Crippen molar-refractivity contribution in [2.45, 2.75) is 50.2 Å². The van der Waals surface area contributed by atoms with Gasteiger partial charge in [0.25, 0.3) is 0 Å². The van der Waals surface area contributed by atoms with E-state index in [4.69, 9.17) is 16.3 Å². The highest BCUT2D eigenvalue weighted by atomic mass is 35.5. The van der Waals surface area contributed by atoms with Gasteiger partial charge in [-0.15, -0.1) is 11.8 Å². The van der Waals surface area contributed by atoms with E-state index in [0.29, 0.717) is 35.9 Å². The van der Waals surface area contributed by atoms with Crippen molar-refractivity contribution >= 4 is 35.2 Å². The van der Waals surface area contributed by atoms with Crippen LogP contribution >= 0.6 is 23.4 Å². The number of benzene rings is 3. The lowest BCUT2D eigenvalue weighted by molar-refractivity contribution is -0.141. The molecule has 3 aromatic carbocycles. The van der Waals surface area contributed by atoms with E-state index in [1.165, 1.54) is 0 Å². The number of ether oxygens (including phenoxy) is 1. The maximum Gasteiger partial charge on any atom is 0.243 e. The van der Waals surface area contributed by atoms with E-state index in [1.54, 1.807) is 23.8 Å². The van der Waals surface area contributed by atoms with Crippen LogP contribution in [-0.4, -0.2) is 41.7 Å². The van der Waals surface area contributed by atoms with Crippen LogP contribution in [0, 0.1) is 0 Å². The van der Waals surface area contributed by atoms with E-state index in [1.807, 2.05) is 92.7 Å². The van der Waals surface area contributed by atoms with Gasteiger partial charge in [-0.25, -0.2) is 0 Å². The zero-order valence-corrected chi connectivity index (χ0v) is 22.5. The summed E-state index contributed by atoms with van der Waals surface area (Å²) in [7, 11) is 1.62. The molecule has 0 heterocycles. The fourth-order valence-corrected chi connectivity index (χ4v) is 4.80. The monoisotopic (exact) mass is 524 g/mol. The Labute approximate surface area is 223 Å². The van der Waals surface area contributed by atoms with Gasteiger partial charge in [-0.2, -0.15) is 0 Å². The van der Waals surface area contributed by atoms with Crippen molar-refractivity contribution in [2.24, 2.45) is 0 Å². The zero-order chi connectivity index (χ0) is 25.9. The number of halogens is 1. The van der Waals surface area contributed by atoms with Gasteiger partial charge in [-0.1, -0.05) is 54.1 Å². The minimum absolute atomic E-state index is 0.0370. The van der Waals surface area contributed by atoms with E-state index >= 15 is 0 Å². The normalized spacial score (nSPS) is 11.7. The van der Waals surface area contributed by atoms with Crippen LogP contribution in [-0.2, 0) is 22.6 Å². The van der Waals surface area contributed by atoms with Crippen molar-refractivity contribution in [1.29, 1.82) is 0 Å². The third-order valence-corrected chi connectivity index (χ3v) is 6.85. The van der Waals surface area contributed by atoms with Gasteiger partial charge in [-0.3, -0.25) is 9.59 Å². The highest BCUT2D eigenvalue weighted by Gasteiger charge is 2.30. The summed E-state index contributed by atoms with van der Waals surface area (Å²) in [6.45, 7) is 4.16. The lowest BCUT2D eigenvalue weighted by atomic mass is 10.0. The average molecular weight is 525 g/mol. The van der Waals surface area contributed by atoms with Gasteiger partial charge in [0, 0.05) is 41.1 Å². The molecule has 0 radical (unpaired) electrons. The molecule has 36 heavy (non-hydrogen) atoms. The predicted molar refractivity (Wildman–Crippen MR) is 148 cm³/mol. The molecule has 3 rings (SSSR count). The Hall–Kier alpha value is -2.96. The number of carbonyl (C=O) groups excluding carboxylic acids is 2. The third-order valence-electron chi connectivity index (χ3n) is 5.59. The molecule has 0 aromatic heterocycles. The Balaban J connectivity index is 1.85. The molecule has 5 nitrogen and oxygen atoms in total. The maximum atomic E-state index is 13.6.